The van der Waals surface area contributed by atoms with E-state index in [2.05, 4.69) is 10.3 Å². The van der Waals surface area contributed by atoms with Crippen LogP contribution in [-0.2, 0) is 0 Å². The molecule has 0 spiro atoms. The number of rotatable bonds is 5. The minimum atomic E-state index is -0.848. The Balaban J connectivity index is 1.98. The van der Waals surface area contributed by atoms with Gasteiger partial charge in [0.2, 0.25) is 0 Å². The maximum absolute atomic E-state index is 14.0. The molecule has 3 N–H and O–H groups in total. The number of methoxy groups -OCH3 is 2. The molecule has 0 bridgehead atoms. The zero-order valence-corrected chi connectivity index (χ0v) is 14.1. The van der Waals surface area contributed by atoms with Gasteiger partial charge in [0, 0.05) is 23.7 Å². The Bertz CT molecular complexity index is 978. The van der Waals surface area contributed by atoms with E-state index in [1.54, 1.807) is 24.4 Å². The Morgan fingerprint density at radius 1 is 1.08 bits per heavy atom. The van der Waals surface area contributed by atoms with Crippen LogP contribution >= 0.6 is 0 Å². The summed E-state index contributed by atoms with van der Waals surface area (Å²) in [5, 5.41) is 2.86. The van der Waals surface area contributed by atoms with E-state index >= 15 is 0 Å². The van der Waals surface area contributed by atoms with Crippen molar-refractivity contribution >= 4 is 22.6 Å². The molecule has 0 aliphatic rings. The van der Waals surface area contributed by atoms with Gasteiger partial charge in [-0.05, 0) is 24.3 Å². The number of nitrogens with two attached hydrogens (primary N) is 1. The summed E-state index contributed by atoms with van der Waals surface area (Å²) < 4.78 is 30.4. The largest absolute Gasteiger partial charge is 0.493 e. The summed E-state index contributed by atoms with van der Waals surface area (Å²) in [4.78, 5) is 15.1. The number of primary amides is 1. The summed E-state index contributed by atoms with van der Waals surface area (Å²) in [6.45, 7) is 0. The number of nitrogens with one attached hydrogen (secondary N) is 1. The number of carbonyl (C=O) groups is 1. The summed E-state index contributed by atoms with van der Waals surface area (Å²) in [6, 6.07) is 8.29. The minimum Gasteiger partial charge on any atom is -0.493 e. The van der Waals surface area contributed by atoms with Crippen molar-refractivity contribution in [3.8, 4) is 23.0 Å². The highest BCUT2D eigenvalue weighted by atomic mass is 19.1. The predicted molar refractivity (Wildman–Crippen MR) is 94.5 cm³/mol. The highest BCUT2D eigenvalue weighted by molar-refractivity contribution is 5.89. The van der Waals surface area contributed by atoms with Crippen LogP contribution in [0.2, 0.25) is 0 Å². The van der Waals surface area contributed by atoms with Crippen LogP contribution in [0.1, 0.15) is 0 Å². The SMILES string of the molecule is COc1cc2nccc(Oc3ccc(NC(N)=O)c(F)c3)c2cc1OC. The van der Waals surface area contributed by atoms with Crippen LogP contribution in [0.3, 0.4) is 0 Å². The summed E-state index contributed by atoms with van der Waals surface area (Å²) in [5.41, 5.74) is 5.59. The van der Waals surface area contributed by atoms with Crippen molar-refractivity contribution in [3.63, 3.8) is 0 Å². The molecular formula is C18H16FN3O4. The number of pyridine rings is 1. The van der Waals surface area contributed by atoms with Crippen molar-refractivity contribution in [1.82, 2.24) is 4.98 Å². The van der Waals surface area contributed by atoms with Crippen LogP contribution in [0.25, 0.3) is 10.9 Å². The molecule has 3 rings (SSSR count). The fraction of sp³-hybridized carbons (Fsp3) is 0.111. The van der Waals surface area contributed by atoms with Crippen molar-refractivity contribution < 1.29 is 23.4 Å². The van der Waals surface area contributed by atoms with Gasteiger partial charge in [0.25, 0.3) is 0 Å². The molecule has 2 amide bonds. The number of hydrogen-bond acceptors (Lipinski definition) is 5. The fourth-order valence-electron chi connectivity index (χ4n) is 2.46. The molecule has 7 nitrogen and oxygen atoms in total. The molecule has 0 aliphatic heterocycles. The number of amides is 2. The number of anilines is 1. The summed E-state index contributed by atoms with van der Waals surface area (Å²) in [5.74, 6) is 1.10. The van der Waals surface area contributed by atoms with E-state index in [1.165, 1.54) is 26.4 Å². The van der Waals surface area contributed by atoms with Crippen LogP contribution in [0, 0.1) is 5.82 Å². The summed E-state index contributed by atoms with van der Waals surface area (Å²) in [6.07, 6.45) is 1.57. The van der Waals surface area contributed by atoms with Gasteiger partial charge in [-0.25, -0.2) is 9.18 Å². The number of benzene rings is 2. The lowest BCUT2D eigenvalue weighted by Crippen LogP contribution is -2.19. The third-order valence-electron chi connectivity index (χ3n) is 3.63. The first-order chi connectivity index (χ1) is 12.5. The minimum absolute atomic E-state index is 0.0316. The average molecular weight is 357 g/mol. The van der Waals surface area contributed by atoms with E-state index in [0.717, 1.165) is 6.07 Å². The molecule has 0 radical (unpaired) electrons. The van der Waals surface area contributed by atoms with Gasteiger partial charge in [0.05, 0.1) is 25.4 Å². The molecule has 2 aromatic carbocycles. The number of halogens is 1. The van der Waals surface area contributed by atoms with Gasteiger partial charge in [0.1, 0.15) is 17.3 Å². The molecule has 1 heterocycles. The first kappa shape index (κ1) is 17.3. The second-order valence-corrected chi connectivity index (χ2v) is 5.27. The summed E-state index contributed by atoms with van der Waals surface area (Å²) in [7, 11) is 3.06. The smallest absolute Gasteiger partial charge is 0.316 e. The predicted octanol–water partition coefficient (Wildman–Crippen LogP) is 3.67. The lowest BCUT2D eigenvalue weighted by atomic mass is 10.2. The fourth-order valence-corrected chi connectivity index (χ4v) is 2.46. The molecule has 0 saturated carbocycles. The average Bonchev–Trinajstić information content (AvgIpc) is 2.62. The Labute approximate surface area is 148 Å². The molecule has 0 atom stereocenters. The molecule has 8 heteroatoms. The number of carbonyl (C=O) groups excluding carboxylic acids is 1. The number of aromatic nitrogens is 1. The number of nitrogens with zero attached hydrogens (tertiary/aromatic N) is 1. The van der Waals surface area contributed by atoms with Crippen molar-refractivity contribution in [2.75, 3.05) is 19.5 Å². The second-order valence-electron chi connectivity index (χ2n) is 5.27. The highest BCUT2D eigenvalue weighted by Gasteiger charge is 2.12. The van der Waals surface area contributed by atoms with E-state index in [4.69, 9.17) is 19.9 Å². The standard InChI is InChI=1S/C18H16FN3O4/c1-24-16-8-11-14(9-17(16)25-2)21-6-5-15(11)26-10-3-4-13(12(19)7-10)22-18(20)23/h3-9H,1-2H3,(H3,20,22,23). The van der Waals surface area contributed by atoms with Crippen LogP contribution in [0.4, 0.5) is 14.9 Å². The second kappa shape index (κ2) is 7.14. The van der Waals surface area contributed by atoms with Crippen LogP contribution in [0.5, 0.6) is 23.0 Å². The van der Waals surface area contributed by atoms with Crippen molar-refractivity contribution in [1.29, 1.82) is 0 Å². The quantitative estimate of drug-likeness (QED) is 0.726. The van der Waals surface area contributed by atoms with Gasteiger partial charge in [-0.15, -0.1) is 0 Å². The van der Waals surface area contributed by atoms with E-state index < -0.39 is 11.8 Å². The Hall–Kier alpha value is -3.55. The van der Waals surface area contributed by atoms with E-state index in [-0.39, 0.29) is 11.4 Å². The van der Waals surface area contributed by atoms with Crippen molar-refractivity contribution in [3.05, 3.63) is 48.4 Å². The van der Waals surface area contributed by atoms with Gasteiger partial charge in [-0.2, -0.15) is 0 Å². The highest BCUT2D eigenvalue weighted by Crippen LogP contribution is 2.37. The normalized spacial score (nSPS) is 10.4. The van der Waals surface area contributed by atoms with Crippen LogP contribution in [0.15, 0.2) is 42.6 Å². The van der Waals surface area contributed by atoms with Crippen molar-refractivity contribution in [2.24, 2.45) is 5.73 Å². The Kier molecular flexibility index (Phi) is 4.74. The van der Waals surface area contributed by atoms with E-state index in [9.17, 15) is 9.18 Å². The molecule has 1 aromatic heterocycles. The van der Waals surface area contributed by atoms with E-state index in [1.807, 2.05) is 0 Å². The van der Waals surface area contributed by atoms with Gasteiger partial charge in [0.15, 0.2) is 11.5 Å². The first-order valence-corrected chi connectivity index (χ1v) is 7.56. The zero-order chi connectivity index (χ0) is 18.7. The topological polar surface area (TPSA) is 95.7 Å². The lowest BCUT2D eigenvalue weighted by molar-refractivity contribution is 0.259. The molecule has 0 saturated heterocycles. The number of hydrogen-bond donors (Lipinski definition) is 2. The molecule has 3 aromatic rings. The molecular weight excluding hydrogens is 341 g/mol. The maximum atomic E-state index is 14.0. The maximum Gasteiger partial charge on any atom is 0.316 e. The van der Waals surface area contributed by atoms with Gasteiger partial charge >= 0.3 is 6.03 Å². The lowest BCUT2D eigenvalue weighted by Gasteiger charge is -2.13. The molecule has 0 fully saturated rings. The van der Waals surface area contributed by atoms with Crippen LogP contribution < -0.4 is 25.3 Å². The van der Waals surface area contributed by atoms with Crippen molar-refractivity contribution in [2.45, 2.75) is 0 Å². The van der Waals surface area contributed by atoms with Gasteiger partial charge in [-0.3, -0.25) is 4.98 Å². The molecule has 0 unspecified atom stereocenters. The molecule has 26 heavy (non-hydrogen) atoms. The molecule has 134 valence electrons. The monoisotopic (exact) mass is 357 g/mol. The first-order valence-electron chi connectivity index (χ1n) is 7.56. The number of fused-ring (bicyclic) bond motifs is 1. The number of urea groups is 1. The Morgan fingerprint density at radius 2 is 1.81 bits per heavy atom. The third kappa shape index (κ3) is 3.44. The molecule has 0 aliphatic carbocycles. The van der Waals surface area contributed by atoms with Crippen LogP contribution in [-0.4, -0.2) is 25.2 Å². The van der Waals surface area contributed by atoms with Gasteiger partial charge in [-0.1, -0.05) is 0 Å². The zero-order valence-electron chi connectivity index (χ0n) is 14.1. The summed E-state index contributed by atoms with van der Waals surface area (Å²) >= 11 is 0. The van der Waals surface area contributed by atoms with Gasteiger partial charge < -0.3 is 25.3 Å². The van der Waals surface area contributed by atoms with E-state index in [0.29, 0.717) is 28.2 Å². The number of ether oxygens (including phenoxy) is 3. The Morgan fingerprint density at radius 3 is 2.46 bits per heavy atom. The third-order valence-corrected chi connectivity index (χ3v) is 3.63.